The third kappa shape index (κ3) is 3.18. The zero-order valence-electron chi connectivity index (χ0n) is 9.77. The van der Waals surface area contributed by atoms with E-state index in [0.29, 0.717) is 11.7 Å². The number of carboxylic acids is 1. The Morgan fingerprint density at radius 1 is 1.50 bits per heavy atom. The first-order chi connectivity index (χ1) is 7.54. The lowest BCUT2D eigenvalue weighted by molar-refractivity contribution is 0.0690. The first-order valence-corrected chi connectivity index (χ1v) is 5.36. The Bertz CT molecular complexity index is 366. The van der Waals surface area contributed by atoms with Gasteiger partial charge in [0.2, 0.25) is 0 Å². The highest BCUT2D eigenvalue weighted by molar-refractivity contribution is 5.85. The molecule has 0 aliphatic rings. The molecule has 16 heavy (non-hydrogen) atoms. The molecule has 88 valence electrons. The van der Waals surface area contributed by atoms with Crippen LogP contribution >= 0.6 is 0 Å². The molecule has 0 spiro atoms. The highest BCUT2D eigenvalue weighted by Gasteiger charge is 2.12. The fraction of sp³-hybridized carbons (Fsp3) is 0.545. The molecule has 1 unspecified atom stereocenters. The van der Waals surface area contributed by atoms with Crippen molar-refractivity contribution in [1.82, 2.24) is 9.97 Å². The van der Waals surface area contributed by atoms with Gasteiger partial charge in [0.1, 0.15) is 5.82 Å². The molecular weight excluding hydrogens is 206 g/mol. The van der Waals surface area contributed by atoms with E-state index in [2.05, 4.69) is 36.1 Å². The third-order valence-corrected chi connectivity index (χ3v) is 2.43. The van der Waals surface area contributed by atoms with Crippen LogP contribution in [0.4, 0.5) is 5.82 Å². The van der Waals surface area contributed by atoms with Crippen molar-refractivity contribution in [2.24, 2.45) is 5.92 Å². The number of hydrogen-bond donors (Lipinski definition) is 2. The third-order valence-electron chi connectivity index (χ3n) is 2.43. The van der Waals surface area contributed by atoms with Crippen LogP contribution in [0.5, 0.6) is 0 Å². The Morgan fingerprint density at radius 3 is 2.69 bits per heavy atom. The second kappa shape index (κ2) is 5.44. The fourth-order valence-corrected chi connectivity index (χ4v) is 1.47. The zero-order valence-corrected chi connectivity index (χ0v) is 9.77. The van der Waals surface area contributed by atoms with Gasteiger partial charge in [-0.3, -0.25) is 4.98 Å². The quantitative estimate of drug-likeness (QED) is 0.798. The van der Waals surface area contributed by atoms with Gasteiger partial charge in [-0.25, -0.2) is 9.78 Å². The maximum Gasteiger partial charge on any atom is 0.356 e. The molecule has 1 aromatic heterocycles. The molecule has 1 rings (SSSR count). The average Bonchev–Trinajstić information content (AvgIpc) is 2.25. The van der Waals surface area contributed by atoms with Crippen LogP contribution in [-0.2, 0) is 0 Å². The fourth-order valence-electron chi connectivity index (χ4n) is 1.47. The summed E-state index contributed by atoms with van der Waals surface area (Å²) in [6, 6.07) is 0.276. The lowest BCUT2D eigenvalue weighted by atomic mass is 10.0. The molecule has 1 heterocycles. The van der Waals surface area contributed by atoms with Gasteiger partial charge in [-0.1, -0.05) is 20.8 Å². The molecule has 0 aliphatic heterocycles. The molecule has 1 aromatic rings. The number of hydrogen-bond acceptors (Lipinski definition) is 4. The summed E-state index contributed by atoms with van der Waals surface area (Å²) < 4.78 is 0. The molecule has 0 radical (unpaired) electrons. The molecule has 1 atom stereocenters. The van der Waals surface area contributed by atoms with Gasteiger partial charge in [-0.15, -0.1) is 0 Å². The maximum atomic E-state index is 10.7. The van der Waals surface area contributed by atoms with Gasteiger partial charge >= 0.3 is 5.97 Å². The van der Waals surface area contributed by atoms with Gasteiger partial charge in [-0.05, 0) is 12.3 Å². The van der Waals surface area contributed by atoms with E-state index in [0.717, 1.165) is 6.42 Å². The van der Waals surface area contributed by atoms with Crippen LogP contribution in [-0.4, -0.2) is 27.1 Å². The van der Waals surface area contributed by atoms with Gasteiger partial charge in [-0.2, -0.15) is 0 Å². The smallest absolute Gasteiger partial charge is 0.356 e. The van der Waals surface area contributed by atoms with Crippen molar-refractivity contribution in [3.05, 3.63) is 18.1 Å². The highest BCUT2D eigenvalue weighted by atomic mass is 16.4. The number of nitrogens with zero attached hydrogens (tertiary/aromatic N) is 2. The molecule has 0 bridgehead atoms. The summed E-state index contributed by atoms with van der Waals surface area (Å²) in [6.07, 6.45) is 3.73. The summed E-state index contributed by atoms with van der Waals surface area (Å²) in [7, 11) is 0. The number of anilines is 1. The monoisotopic (exact) mass is 223 g/mol. The second-order valence-electron chi connectivity index (χ2n) is 4.00. The number of carboxylic acid groups (broad SMARTS) is 1. The van der Waals surface area contributed by atoms with Gasteiger partial charge in [0.25, 0.3) is 0 Å². The summed E-state index contributed by atoms with van der Waals surface area (Å²) in [5.41, 5.74) is -0.0383. The number of aromatic nitrogens is 2. The topological polar surface area (TPSA) is 75.1 Å². The normalized spacial score (nSPS) is 12.5. The van der Waals surface area contributed by atoms with E-state index in [1.165, 1.54) is 12.4 Å². The van der Waals surface area contributed by atoms with E-state index in [1.807, 2.05) is 0 Å². The molecule has 0 saturated carbocycles. The van der Waals surface area contributed by atoms with Crippen LogP contribution in [0.1, 0.15) is 37.7 Å². The van der Waals surface area contributed by atoms with Crippen molar-refractivity contribution in [3.63, 3.8) is 0 Å². The molecule has 2 N–H and O–H groups in total. The minimum absolute atomic E-state index is 0.0383. The maximum absolute atomic E-state index is 10.7. The Labute approximate surface area is 94.9 Å². The predicted octanol–water partition coefficient (Wildman–Crippen LogP) is 2.02. The summed E-state index contributed by atoms with van der Waals surface area (Å²) in [5.74, 6) is -0.0884. The van der Waals surface area contributed by atoms with Crippen molar-refractivity contribution < 1.29 is 9.90 Å². The summed E-state index contributed by atoms with van der Waals surface area (Å²) in [5, 5.41) is 12.0. The van der Waals surface area contributed by atoms with Crippen LogP contribution in [0, 0.1) is 5.92 Å². The van der Waals surface area contributed by atoms with Crippen molar-refractivity contribution in [1.29, 1.82) is 0 Å². The molecule has 5 heteroatoms. The van der Waals surface area contributed by atoms with E-state index in [9.17, 15) is 4.79 Å². The Morgan fingerprint density at radius 2 is 2.19 bits per heavy atom. The van der Waals surface area contributed by atoms with Crippen LogP contribution in [0.3, 0.4) is 0 Å². The summed E-state index contributed by atoms with van der Waals surface area (Å²) in [4.78, 5) is 18.5. The highest BCUT2D eigenvalue weighted by Crippen LogP contribution is 2.12. The lowest BCUT2D eigenvalue weighted by Crippen LogP contribution is -2.25. The van der Waals surface area contributed by atoms with Crippen molar-refractivity contribution in [2.75, 3.05) is 5.32 Å². The Balaban J connectivity index is 2.80. The van der Waals surface area contributed by atoms with Crippen molar-refractivity contribution in [2.45, 2.75) is 33.2 Å². The minimum Gasteiger partial charge on any atom is -0.476 e. The number of nitrogens with one attached hydrogen (secondary N) is 1. The lowest BCUT2D eigenvalue weighted by Gasteiger charge is -2.21. The Kier molecular flexibility index (Phi) is 4.22. The van der Waals surface area contributed by atoms with E-state index >= 15 is 0 Å². The molecule has 0 amide bonds. The SMILES string of the molecule is CCC(Nc1cncc(C(=O)O)n1)C(C)C. The van der Waals surface area contributed by atoms with Crippen LogP contribution in [0.2, 0.25) is 0 Å². The molecule has 0 aromatic carbocycles. The van der Waals surface area contributed by atoms with Gasteiger partial charge in [0.15, 0.2) is 5.69 Å². The molecule has 5 nitrogen and oxygen atoms in total. The standard InChI is InChI=1S/C11H17N3O2/c1-4-8(7(2)3)13-10-6-12-5-9(14-10)11(15)16/h5-8H,4H2,1-3H3,(H,13,14)(H,15,16). The van der Waals surface area contributed by atoms with Gasteiger partial charge in [0, 0.05) is 6.04 Å². The second-order valence-corrected chi connectivity index (χ2v) is 4.00. The van der Waals surface area contributed by atoms with E-state index in [-0.39, 0.29) is 11.7 Å². The largest absolute Gasteiger partial charge is 0.476 e. The van der Waals surface area contributed by atoms with Crippen molar-refractivity contribution in [3.8, 4) is 0 Å². The molecular formula is C11H17N3O2. The van der Waals surface area contributed by atoms with E-state index in [4.69, 9.17) is 5.11 Å². The Hall–Kier alpha value is -1.65. The average molecular weight is 223 g/mol. The molecule has 0 aliphatic carbocycles. The summed E-state index contributed by atoms with van der Waals surface area (Å²) in [6.45, 7) is 6.29. The molecule has 0 saturated heterocycles. The number of carbonyl (C=O) groups is 1. The van der Waals surface area contributed by atoms with Gasteiger partial charge in [0.05, 0.1) is 12.4 Å². The first kappa shape index (κ1) is 12.4. The number of rotatable bonds is 5. The van der Waals surface area contributed by atoms with Crippen LogP contribution < -0.4 is 5.32 Å². The predicted molar refractivity (Wildman–Crippen MR) is 61.5 cm³/mol. The van der Waals surface area contributed by atoms with Crippen LogP contribution in [0.25, 0.3) is 0 Å². The summed E-state index contributed by atoms with van der Waals surface area (Å²) >= 11 is 0. The van der Waals surface area contributed by atoms with Crippen molar-refractivity contribution >= 4 is 11.8 Å². The first-order valence-electron chi connectivity index (χ1n) is 5.36. The zero-order chi connectivity index (χ0) is 12.1. The minimum atomic E-state index is -1.06. The number of aromatic carboxylic acids is 1. The van der Waals surface area contributed by atoms with Gasteiger partial charge < -0.3 is 10.4 Å². The van der Waals surface area contributed by atoms with E-state index in [1.54, 1.807) is 0 Å². The van der Waals surface area contributed by atoms with E-state index < -0.39 is 5.97 Å². The molecule has 0 fully saturated rings. The van der Waals surface area contributed by atoms with Crippen LogP contribution in [0.15, 0.2) is 12.4 Å².